The van der Waals surface area contributed by atoms with Gasteiger partial charge in [-0.25, -0.2) is 4.98 Å². The van der Waals surface area contributed by atoms with Crippen LogP contribution in [0.1, 0.15) is 33.1 Å². The van der Waals surface area contributed by atoms with Gasteiger partial charge in [0.1, 0.15) is 6.10 Å². The first-order chi connectivity index (χ1) is 14.5. The van der Waals surface area contributed by atoms with Crippen molar-refractivity contribution in [2.45, 2.75) is 39.2 Å². The number of unbranched alkanes of at least 4 members (excludes halogenated alkanes) is 1. The van der Waals surface area contributed by atoms with Gasteiger partial charge in [-0.1, -0.05) is 13.3 Å². The summed E-state index contributed by atoms with van der Waals surface area (Å²) in [6, 6.07) is 1.92. The summed E-state index contributed by atoms with van der Waals surface area (Å²) in [7, 11) is 3.60. The van der Waals surface area contributed by atoms with Gasteiger partial charge < -0.3 is 14.8 Å². The Kier molecular flexibility index (Phi) is 7.40. The number of fused-ring (bicyclic) bond motifs is 1. The third-order valence-electron chi connectivity index (χ3n) is 5.05. The van der Waals surface area contributed by atoms with Crippen LogP contribution in [0.5, 0.6) is 5.88 Å². The van der Waals surface area contributed by atoms with Gasteiger partial charge in [0.05, 0.1) is 22.8 Å². The van der Waals surface area contributed by atoms with Crippen LogP contribution in [-0.4, -0.2) is 57.2 Å². The van der Waals surface area contributed by atoms with Crippen LogP contribution in [0, 0.1) is 5.92 Å². The zero-order valence-corrected chi connectivity index (χ0v) is 18.0. The van der Waals surface area contributed by atoms with Crippen molar-refractivity contribution in [1.82, 2.24) is 30.3 Å². The molecule has 0 saturated carbocycles. The zero-order chi connectivity index (χ0) is 21.5. The van der Waals surface area contributed by atoms with E-state index in [0.29, 0.717) is 18.8 Å². The lowest BCUT2D eigenvalue weighted by atomic mass is 10.0. The zero-order valence-electron chi connectivity index (χ0n) is 18.0. The van der Waals surface area contributed by atoms with Crippen LogP contribution < -0.4 is 10.1 Å². The first-order valence-electron chi connectivity index (χ1n) is 10.3. The molecule has 0 aromatic carbocycles. The number of amides is 1. The number of nitrogens with zero attached hydrogens (tertiary/aromatic N) is 4. The Morgan fingerprint density at radius 2 is 2.23 bits per heavy atom. The summed E-state index contributed by atoms with van der Waals surface area (Å²) in [5.74, 6) is 0.745. The average Bonchev–Trinajstić information content (AvgIpc) is 3.47. The summed E-state index contributed by atoms with van der Waals surface area (Å²) < 4.78 is 12.6. The number of ether oxygens (including phenoxy) is 2. The lowest BCUT2D eigenvalue weighted by Gasteiger charge is -2.19. The highest BCUT2D eigenvalue weighted by Gasteiger charge is 2.29. The lowest BCUT2D eigenvalue weighted by molar-refractivity contribution is -0.119. The van der Waals surface area contributed by atoms with Gasteiger partial charge in [0.25, 0.3) is 0 Å². The molecule has 0 unspecified atom stereocenters. The van der Waals surface area contributed by atoms with E-state index < -0.39 is 0 Å². The van der Waals surface area contributed by atoms with Crippen LogP contribution in [0.25, 0.3) is 22.2 Å². The third-order valence-corrected chi connectivity index (χ3v) is 5.05. The molecule has 9 heteroatoms. The number of methoxy groups -OCH3 is 1. The molecule has 1 fully saturated rings. The summed E-state index contributed by atoms with van der Waals surface area (Å²) in [6.07, 6.45) is 8.16. The average molecular weight is 415 g/mol. The Morgan fingerprint density at radius 1 is 1.40 bits per heavy atom. The van der Waals surface area contributed by atoms with E-state index in [1.807, 2.05) is 26.2 Å². The topological polar surface area (TPSA) is 107 Å². The highest BCUT2D eigenvalue weighted by atomic mass is 16.5. The van der Waals surface area contributed by atoms with Gasteiger partial charge in [-0.05, 0) is 19.4 Å². The largest absolute Gasteiger partial charge is 0.474 e. The van der Waals surface area contributed by atoms with Crippen molar-refractivity contribution in [1.29, 1.82) is 0 Å². The number of aromatic amines is 1. The first kappa shape index (κ1) is 21.8. The van der Waals surface area contributed by atoms with Gasteiger partial charge in [-0.3, -0.25) is 14.6 Å². The molecule has 3 aromatic rings. The smallest absolute Gasteiger partial charge is 0.225 e. The molecule has 0 spiro atoms. The van der Waals surface area contributed by atoms with E-state index >= 15 is 0 Å². The van der Waals surface area contributed by atoms with Crippen molar-refractivity contribution in [3.8, 4) is 17.1 Å². The molecular weight excluding hydrogens is 384 g/mol. The Morgan fingerprint density at radius 3 is 2.83 bits per heavy atom. The number of aryl methyl sites for hydroxylation is 1. The molecule has 0 aliphatic carbocycles. The molecular formula is C21H30N6O3. The molecule has 9 nitrogen and oxygen atoms in total. The van der Waals surface area contributed by atoms with Gasteiger partial charge >= 0.3 is 0 Å². The summed E-state index contributed by atoms with van der Waals surface area (Å²) in [4.78, 5) is 16.1. The predicted molar refractivity (Wildman–Crippen MR) is 114 cm³/mol. The number of hydrogen-bond donors (Lipinski definition) is 2. The van der Waals surface area contributed by atoms with Gasteiger partial charge in [0.15, 0.2) is 0 Å². The minimum atomic E-state index is -0.126. The Labute approximate surface area is 176 Å². The van der Waals surface area contributed by atoms with Crippen molar-refractivity contribution in [3.05, 3.63) is 24.7 Å². The van der Waals surface area contributed by atoms with E-state index in [4.69, 9.17) is 9.47 Å². The van der Waals surface area contributed by atoms with Crippen molar-refractivity contribution >= 4 is 16.8 Å². The molecule has 1 saturated heterocycles. The Hall–Kier alpha value is -2.94. The van der Waals surface area contributed by atoms with Crippen LogP contribution >= 0.6 is 0 Å². The van der Waals surface area contributed by atoms with Gasteiger partial charge in [0.2, 0.25) is 11.8 Å². The monoisotopic (exact) mass is 414 g/mol. The van der Waals surface area contributed by atoms with Crippen LogP contribution in [0.15, 0.2) is 24.7 Å². The first-order valence-corrected chi connectivity index (χ1v) is 10.3. The van der Waals surface area contributed by atoms with E-state index in [1.54, 1.807) is 24.2 Å². The number of carbonyl (C=O) groups is 1. The predicted octanol–water partition coefficient (Wildman–Crippen LogP) is 2.69. The molecule has 30 heavy (non-hydrogen) atoms. The molecule has 4 heterocycles. The van der Waals surface area contributed by atoms with E-state index in [-0.39, 0.29) is 17.9 Å². The van der Waals surface area contributed by atoms with E-state index in [0.717, 1.165) is 28.8 Å². The van der Waals surface area contributed by atoms with Gasteiger partial charge in [-0.15, -0.1) is 0 Å². The number of aromatic nitrogens is 5. The van der Waals surface area contributed by atoms with E-state index in [9.17, 15) is 4.79 Å². The summed E-state index contributed by atoms with van der Waals surface area (Å²) in [5, 5.41) is 14.9. The fourth-order valence-electron chi connectivity index (χ4n) is 3.26. The van der Waals surface area contributed by atoms with Crippen molar-refractivity contribution in [3.63, 3.8) is 0 Å². The number of H-pyrrole nitrogens is 1. The SMILES string of the molecule is CCCCOC.C[C@@H](Oc1nc(-c2cn[nH]c2)cc2nn(C)cc12)[C@H]1CNC(=O)C1. The second-order valence-corrected chi connectivity index (χ2v) is 7.47. The number of rotatable bonds is 7. The maximum Gasteiger partial charge on any atom is 0.225 e. The van der Waals surface area contributed by atoms with Crippen molar-refractivity contribution in [2.75, 3.05) is 20.3 Å². The molecule has 0 bridgehead atoms. The lowest BCUT2D eigenvalue weighted by Crippen LogP contribution is -2.26. The van der Waals surface area contributed by atoms with Crippen LogP contribution in [0.3, 0.4) is 0 Å². The molecule has 1 aliphatic heterocycles. The number of nitrogens with one attached hydrogen (secondary N) is 2. The second-order valence-electron chi connectivity index (χ2n) is 7.47. The molecule has 2 N–H and O–H groups in total. The van der Waals surface area contributed by atoms with Crippen LogP contribution in [-0.2, 0) is 16.6 Å². The Balaban J connectivity index is 0.000000377. The number of carbonyl (C=O) groups excluding carboxylic acids is 1. The van der Waals surface area contributed by atoms with Gasteiger partial charge in [0, 0.05) is 57.6 Å². The highest BCUT2D eigenvalue weighted by Crippen LogP contribution is 2.30. The summed E-state index contributed by atoms with van der Waals surface area (Å²) >= 11 is 0. The van der Waals surface area contributed by atoms with E-state index in [2.05, 4.69) is 32.5 Å². The third kappa shape index (κ3) is 5.35. The fourth-order valence-corrected chi connectivity index (χ4v) is 3.26. The number of hydrogen-bond acceptors (Lipinski definition) is 6. The molecule has 0 radical (unpaired) electrons. The molecule has 4 rings (SSSR count). The molecule has 162 valence electrons. The minimum absolute atomic E-state index is 0.0714. The van der Waals surface area contributed by atoms with Crippen LogP contribution in [0.2, 0.25) is 0 Å². The summed E-state index contributed by atoms with van der Waals surface area (Å²) in [6.45, 7) is 5.67. The van der Waals surface area contributed by atoms with Crippen molar-refractivity contribution < 1.29 is 14.3 Å². The Bertz CT molecular complexity index is 949. The molecule has 2 atom stereocenters. The highest BCUT2D eigenvalue weighted by molar-refractivity contribution is 5.86. The molecule has 1 aliphatic rings. The fraction of sp³-hybridized carbons (Fsp3) is 0.524. The molecule has 1 amide bonds. The maximum atomic E-state index is 11.4. The minimum Gasteiger partial charge on any atom is -0.474 e. The van der Waals surface area contributed by atoms with Crippen molar-refractivity contribution in [2.24, 2.45) is 13.0 Å². The van der Waals surface area contributed by atoms with E-state index in [1.165, 1.54) is 12.8 Å². The normalized spacial score (nSPS) is 16.8. The second kappa shape index (κ2) is 10.2. The molecule has 3 aromatic heterocycles. The summed E-state index contributed by atoms with van der Waals surface area (Å²) in [5.41, 5.74) is 2.43. The quantitative estimate of drug-likeness (QED) is 0.576. The standard InChI is InChI=1S/C16H18N6O2.C5H12O/c1-9(10-3-15(23)17-5-10)24-16-12-8-22(2)21-14(12)4-13(20-16)11-6-18-19-7-11;1-3-4-5-6-2/h4,6-10H,3,5H2,1-2H3,(H,17,23)(H,18,19);3-5H2,1-2H3/t9-,10-;/m1./s1. The maximum absolute atomic E-state index is 11.4. The van der Waals surface area contributed by atoms with Crippen LogP contribution in [0.4, 0.5) is 0 Å². The number of pyridine rings is 1. The van der Waals surface area contributed by atoms with Gasteiger partial charge in [-0.2, -0.15) is 10.2 Å².